The van der Waals surface area contributed by atoms with Crippen LogP contribution in [0.1, 0.15) is 0 Å². The van der Waals surface area contributed by atoms with Crippen molar-refractivity contribution in [2.45, 2.75) is 6.61 Å². The first kappa shape index (κ1) is 9.06. The lowest BCUT2D eigenvalue weighted by atomic mass is 10.3. The largest absolute Gasteiger partial charge is 0.508 e. The maximum atomic E-state index is 11.7. The molecule has 66 valence electrons. The van der Waals surface area contributed by atoms with Crippen LogP contribution in [0.5, 0.6) is 11.5 Å². The van der Waals surface area contributed by atoms with E-state index >= 15 is 0 Å². The first-order valence-electron chi connectivity index (χ1n) is 3.03. The topological polar surface area (TPSA) is 29.5 Å². The molecule has 0 atom stereocenters. The molecule has 2 nitrogen and oxygen atoms in total. The summed E-state index contributed by atoms with van der Waals surface area (Å²) in [5, 5.41) is 8.80. The van der Waals surface area contributed by atoms with Crippen LogP contribution in [-0.4, -0.2) is 11.7 Å². The Hall–Kier alpha value is -1.03. The van der Waals surface area contributed by atoms with Gasteiger partial charge in [-0.05, 0) is 12.1 Å². The zero-order valence-corrected chi connectivity index (χ0v) is 6.55. The summed E-state index contributed by atoms with van der Waals surface area (Å²) in [6.45, 7) is -2.91. The fourth-order valence-electron chi connectivity index (χ4n) is 0.681. The maximum absolute atomic E-state index is 11.7. The lowest BCUT2D eigenvalue weighted by molar-refractivity contribution is -0.0498. The molecular weight excluding hydrogens is 190 g/mol. The zero-order chi connectivity index (χ0) is 9.14. The molecule has 0 aliphatic rings. The van der Waals surface area contributed by atoms with Crippen LogP contribution in [0, 0.1) is 0 Å². The quantitative estimate of drug-likeness (QED) is 0.784. The number of aromatic hydroxyl groups is 1. The Bertz CT molecular complexity index is 278. The van der Waals surface area contributed by atoms with Crippen LogP contribution < -0.4 is 4.74 Å². The molecule has 0 aromatic heterocycles. The molecule has 0 radical (unpaired) electrons. The second-order valence-corrected chi connectivity index (χ2v) is 2.40. The van der Waals surface area contributed by atoms with Gasteiger partial charge in [-0.2, -0.15) is 8.78 Å². The van der Waals surface area contributed by atoms with Gasteiger partial charge in [0.05, 0.1) is 5.02 Å². The van der Waals surface area contributed by atoms with E-state index in [-0.39, 0.29) is 16.5 Å². The van der Waals surface area contributed by atoms with E-state index in [4.69, 9.17) is 16.7 Å². The van der Waals surface area contributed by atoms with Crippen LogP contribution >= 0.6 is 11.6 Å². The van der Waals surface area contributed by atoms with E-state index in [0.29, 0.717) is 0 Å². The number of rotatable bonds is 2. The minimum atomic E-state index is -2.91. The summed E-state index contributed by atoms with van der Waals surface area (Å²) in [6, 6.07) is 3.51. The van der Waals surface area contributed by atoms with Gasteiger partial charge in [-0.3, -0.25) is 0 Å². The Kier molecular flexibility index (Phi) is 2.70. The molecular formula is C7H5ClF2O2. The van der Waals surface area contributed by atoms with Crippen molar-refractivity contribution in [1.82, 2.24) is 0 Å². The number of ether oxygens (including phenoxy) is 1. The van der Waals surface area contributed by atoms with Crippen molar-refractivity contribution < 1.29 is 18.6 Å². The number of hydrogen-bond acceptors (Lipinski definition) is 2. The van der Waals surface area contributed by atoms with E-state index in [1.165, 1.54) is 12.1 Å². The molecule has 0 fully saturated rings. The van der Waals surface area contributed by atoms with E-state index in [1.54, 1.807) is 0 Å². The van der Waals surface area contributed by atoms with Gasteiger partial charge < -0.3 is 9.84 Å². The molecule has 5 heteroatoms. The average molecular weight is 195 g/mol. The highest BCUT2D eigenvalue weighted by Gasteiger charge is 2.08. The number of alkyl halides is 2. The van der Waals surface area contributed by atoms with Gasteiger partial charge in [0.15, 0.2) is 0 Å². The molecule has 0 aliphatic carbocycles. The third-order valence-electron chi connectivity index (χ3n) is 1.13. The second-order valence-electron chi connectivity index (χ2n) is 1.99. The molecule has 1 N–H and O–H groups in total. The first-order chi connectivity index (χ1) is 5.59. The molecule has 0 bridgehead atoms. The van der Waals surface area contributed by atoms with Crippen molar-refractivity contribution >= 4 is 11.6 Å². The molecule has 1 aromatic rings. The highest BCUT2D eigenvalue weighted by atomic mass is 35.5. The predicted molar refractivity (Wildman–Crippen MR) is 39.7 cm³/mol. The lowest BCUT2D eigenvalue weighted by Crippen LogP contribution is -2.01. The summed E-state index contributed by atoms with van der Waals surface area (Å²) in [7, 11) is 0. The predicted octanol–water partition coefficient (Wildman–Crippen LogP) is 2.65. The van der Waals surface area contributed by atoms with Crippen molar-refractivity contribution in [2.24, 2.45) is 0 Å². The molecule has 0 saturated carbocycles. The van der Waals surface area contributed by atoms with Crippen molar-refractivity contribution in [2.75, 3.05) is 0 Å². The Morgan fingerprint density at radius 1 is 1.42 bits per heavy atom. The molecule has 0 heterocycles. The van der Waals surface area contributed by atoms with Crippen LogP contribution in [0.4, 0.5) is 8.78 Å². The lowest BCUT2D eigenvalue weighted by Gasteiger charge is -2.05. The monoisotopic (exact) mass is 194 g/mol. The van der Waals surface area contributed by atoms with Crippen LogP contribution in [0.15, 0.2) is 18.2 Å². The van der Waals surface area contributed by atoms with Gasteiger partial charge in [0, 0.05) is 6.07 Å². The standard InChI is InChI=1S/C7H5ClF2O2/c8-5-3-4(11)1-2-6(5)12-7(9)10/h1-3,7,11H. The van der Waals surface area contributed by atoms with Gasteiger partial charge in [-0.15, -0.1) is 0 Å². The van der Waals surface area contributed by atoms with Crippen molar-refractivity contribution in [1.29, 1.82) is 0 Å². The number of hydrogen-bond donors (Lipinski definition) is 1. The van der Waals surface area contributed by atoms with Gasteiger partial charge >= 0.3 is 6.61 Å². The van der Waals surface area contributed by atoms with E-state index in [1.807, 2.05) is 0 Å². The number of phenolic OH excluding ortho intramolecular Hbond substituents is 1. The number of benzene rings is 1. The molecule has 0 saturated heterocycles. The summed E-state index contributed by atoms with van der Waals surface area (Å²) in [5.41, 5.74) is 0. The Morgan fingerprint density at radius 2 is 2.08 bits per heavy atom. The van der Waals surface area contributed by atoms with E-state index in [9.17, 15) is 8.78 Å². The fraction of sp³-hybridized carbons (Fsp3) is 0.143. The molecule has 1 aromatic carbocycles. The summed E-state index contributed by atoms with van der Waals surface area (Å²) >= 11 is 5.46. The smallest absolute Gasteiger partial charge is 0.387 e. The molecule has 0 amide bonds. The summed E-state index contributed by atoms with van der Waals surface area (Å²) in [6.07, 6.45) is 0. The van der Waals surface area contributed by atoms with Crippen LogP contribution in [-0.2, 0) is 0 Å². The minimum Gasteiger partial charge on any atom is -0.508 e. The van der Waals surface area contributed by atoms with Gasteiger partial charge in [-0.25, -0.2) is 0 Å². The van der Waals surface area contributed by atoms with Crippen LogP contribution in [0.2, 0.25) is 5.02 Å². The fourth-order valence-corrected chi connectivity index (χ4v) is 0.901. The number of phenols is 1. The van der Waals surface area contributed by atoms with E-state index in [2.05, 4.69) is 4.74 Å². The van der Waals surface area contributed by atoms with E-state index < -0.39 is 6.61 Å². The molecule has 12 heavy (non-hydrogen) atoms. The van der Waals surface area contributed by atoms with Crippen molar-refractivity contribution in [3.63, 3.8) is 0 Å². The first-order valence-corrected chi connectivity index (χ1v) is 3.40. The van der Waals surface area contributed by atoms with Crippen LogP contribution in [0.3, 0.4) is 0 Å². The Labute approximate surface area is 72.3 Å². The maximum Gasteiger partial charge on any atom is 0.387 e. The van der Waals surface area contributed by atoms with Gasteiger partial charge in [0.25, 0.3) is 0 Å². The normalized spacial score (nSPS) is 10.3. The third-order valence-corrected chi connectivity index (χ3v) is 1.43. The van der Waals surface area contributed by atoms with Crippen molar-refractivity contribution in [3.05, 3.63) is 23.2 Å². The third kappa shape index (κ3) is 2.23. The number of halogens is 3. The van der Waals surface area contributed by atoms with E-state index in [0.717, 1.165) is 6.07 Å². The summed E-state index contributed by atoms with van der Waals surface area (Å²) in [5.74, 6) is -0.244. The van der Waals surface area contributed by atoms with Gasteiger partial charge in [0.2, 0.25) is 0 Å². The average Bonchev–Trinajstić information content (AvgIpc) is 1.94. The Morgan fingerprint density at radius 3 is 2.58 bits per heavy atom. The van der Waals surface area contributed by atoms with Gasteiger partial charge in [0.1, 0.15) is 11.5 Å². The molecule has 1 rings (SSSR count). The highest BCUT2D eigenvalue weighted by Crippen LogP contribution is 2.28. The molecule has 0 aliphatic heterocycles. The summed E-state index contributed by atoms with van der Waals surface area (Å²) in [4.78, 5) is 0. The van der Waals surface area contributed by atoms with Crippen LogP contribution in [0.25, 0.3) is 0 Å². The molecule has 0 spiro atoms. The molecule has 0 unspecified atom stereocenters. The summed E-state index contributed by atoms with van der Waals surface area (Å²) < 4.78 is 27.3. The highest BCUT2D eigenvalue weighted by molar-refractivity contribution is 6.32. The van der Waals surface area contributed by atoms with Gasteiger partial charge in [-0.1, -0.05) is 11.6 Å². The zero-order valence-electron chi connectivity index (χ0n) is 5.80. The SMILES string of the molecule is Oc1ccc(OC(F)F)c(Cl)c1. The van der Waals surface area contributed by atoms with Crippen molar-refractivity contribution in [3.8, 4) is 11.5 Å². The second kappa shape index (κ2) is 3.58. The minimum absolute atomic E-state index is 0.0460. The Balaban J connectivity index is 2.86.